The normalized spacial score (nSPS) is 14.7. The first kappa shape index (κ1) is 28.3. The van der Waals surface area contributed by atoms with E-state index in [-0.39, 0.29) is 0 Å². The van der Waals surface area contributed by atoms with Gasteiger partial charge in [0, 0.05) is 16.9 Å². The third kappa shape index (κ3) is 4.20. The highest BCUT2D eigenvalue weighted by Gasteiger charge is 2.39. The molecule has 0 radical (unpaired) electrons. The Labute approximate surface area is 279 Å². The summed E-state index contributed by atoms with van der Waals surface area (Å²) in [6, 6.07) is 57.2. The Morgan fingerprint density at radius 2 is 0.894 bits per heavy atom. The third-order valence-corrected chi connectivity index (χ3v) is 18.0. The van der Waals surface area contributed by atoms with E-state index in [9.17, 15) is 0 Å². The van der Waals surface area contributed by atoms with Gasteiger partial charge in [-0.1, -0.05) is 141 Å². The second-order valence-electron chi connectivity index (χ2n) is 14.2. The van der Waals surface area contributed by atoms with E-state index in [2.05, 4.69) is 183 Å². The Bertz CT molecular complexity index is 2380. The van der Waals surface area contributed by atoms with Crippen LogP contribution in [-0.2, 0) is 0 Å². The molecule has 0 saturated carbocycles. The van der Waals surface area contributed by atoms with E-state index in [0.29, 0.717) is 0 Å². The second-order valence-corrected chi connectivity index (χ2v) is 22.9. The first-order chi connectivity index (χ1) is 22.8. The molecule has 0 amide bonds. The molecule has 7 aromatic carbocycles. The fraction of sp³-hybridized carbons (Fsp3) is 0.0909. The van der Waals surface area contributed by atoms with Gasteiger partial charge < -0.3 is 4.90 Å². The summed E-state index contributed by atoms with van der Waals surface area (Å²) in [4.78, 5) is 2.52. The molecule has 9 rings (SSSR count). The molecule has 2 aliphatic heterocycles. The van der Waals surface area contributed by atoms with Gasteiger partial charge in [-0.15, -0.1) is 0 Å². The Hall–Kier alpha value is -4.97. The van der Waals surface area contributed by atoms with Gasteiger partial charge in [0.25, 0.3) is 0 Å². The first-order valence-corrected chi connectivity index (χ1v) is 22.7. The van der Waals surface area contributed by atoms with E-state index in [0.717, 1.165) is 0 Å². The van der Waals surface area contributed by atoms with Gasteiger partial charge in [-0.3, -0.25) is 0 Å². The molecule has 0 atom stereocenters. The van der Waals surface area contributed by atoms with E-state index in [1.54, 1.807) is 5.19 Å². The molecule has 47 heavy (non-hydrogen) atoms. The lowest BCUT2D eigenvalue weighted by atomic mass is 9.98. The summed E-state index contributed by atoms with van der Waals surface area (Å²) in [6.07, 6.45) is 0. The fourth-order valence-corrected chi connectivity index (χ4v) is 14.5. The Balaban J connectivity index is 1.28. The molecule has 7 aromatic rings. The molecule has 3 heteroatoms. The van der Waals surface area contributed by atoms with Crippen LogP contribution in [0.5, 0.6) is 0 Å². The van der Waals surface area contributed by atoms with Gasteiger partial charge in [-0.05, 0) is 95.7 Å². The molecule has 0 spiro atoms. The molecule has 1 nitrogen and oxygen atoms in total. The van der Waals surface area contributed by atoms with Crippen molar-refractivity contribution in [3.8, 4) is 33.4 Å². The molecule has 2 aliphatic rings. The second kappa shape index (κ2) is 10.3. The zero-order chi connectivity index (χ0) is 31.9. The summed E-state index contributed by atoms with van der Waals surface area (Å²) in [7, 11) is -3.64. The van der Waals surface area contributed by atoms with Crippen LogP contribution in [0.15, 0.2) is 152 Å². The van der Waals surface area contributed by atoms with Crippen LogP contribution in [0.1, 0.15) is 0 Å². The van der Waals surface area contributed by atoms with Gasteiger partial charge >= 0.3 is 0 Å². The van der Waals surface area contributed by atoms with E-state index in [4.69, 9.17) is 0 Å². The van der Waals surface area contributed by atoms with Crippen LogP contribution < -0.4 is 25.6 Å². The minimum Gasteiger partial charge on any atom is -0.310 e. The predicted octanol–water partition coefficient (Wildman–Crippen LogP) is 9.58. The summed E-state index contributed by atoms with van der Waals surface area (Å²) in [5.41, 5.74) is 11.7. The van der Waals surface area contributed by atoms with Crippen LogP contribution in [0.3, 0.4) is 0 Å². The topological polar surface area (TPSA) is 3.24 Å². The molecule has 2 heterocycles. The molecule has 0 saturated heterocycles. The van der Waals surface area contributed by atoms with Crippen molar-refractivity contribution in [3.63, 3.8) is 0 Å². The minimum absolute atomic E-state index is 1.19. The molecule has 0 bridgehead atoms. The van der Waals surface area contributed by atoms with Crippen molar-refractivity contribution in [1.29, 1.82) is 0 Å². The van der Waals surface area contributed by atoms with Crippen molar-refractivity contribution in [2.45, 2.75) is 26.2 Å². The molecule has 0 unspecified atom stereocenters. The van der Waals surface area contributed by atoms with Crippen molar-refractivity contribution in [3.05, 3.63) is 152 Å². The summed E-state index contributed by atoms with van der Waals surface area (Å²) >= 11 is 0. The minimum atomic E-state index is -1.87. The molecular weight excluding hydrogens is 599 g/mol. The maximum atomic E-state index is 2.52. The van der Waals surface area contributed by atoms with E-state index < -0.39 is 16.1 Å². The lowest BCUT2D eigenvalue weighted by Crippen LogP contribution is -2.49. The fourth-order valence-electron chi connectivity index (χ4n) is 8.38. The first-order valence-electron chi connectivity index (χ1n) is 16.7. The summed E-state index contributed by atoms with van der Waals surface area (Å²) in [5, 5.41) is 8.65. The number of rotatable bonds is 4. The number of anilines is 3. The number of benzene rings is 7. The van der Waals surface area contributed by atoms with Crippen LogP contribution in [0.25, 0.3) is 44.2 Å². The Morgan fingerprint density at radius 3 is 1.66 bits per heavy atom. The monoisotopic (exact) mass is 635 g/mol. The summed E-state index contributed by atoms with van der Waals surface area (Å²) < 4.78 is 0. The zero-order valence-electron chi connectivity index (χ0n) is 27.4. The highest BCUT2D eigenvalue weighted by atomic mass is 28.3. The van der Waals surface area contributed by atoms with Crippen molar-refractivity contribution < 1.29 is 0 Å². The van der Waals surface area contributed by atoms with Crippen LogP contribution >= 0.6 is 0 Å². The number of nitrogens with zero attached hydrogens (tertiary/aromatic N) is 1. The largest absolute Gasteiger partial charge is 0.310 e. The van der Waals surface area contributed by atoms with Gasteiger partial charge in [0.05, 0.1) is 5.69 Å². The van der Waals surface area contributed by atoms with Gasteiger partial charge in [0.1, 0.15) is 16.1 Å². The maximum Gasteiger partial charge on any atom is 0.113 e. The molecule has 226 valence electrons. The van der Waals surface area contributed by atoms with E-state index in [1.165, 1.54) is 76.8 Å². The average Bonchev–Trinajstić information content (AvgIpc) is 3.48. The quantitative estimate of drug-likeness (QED) is 0.174. The van der Waals surface area contributed by atoms with Crippen LogP contribution in [0.4, 0.5) is 17.1 Å². The molecule has 0 fully saturated rings. The van der Waals surface area contributed by atoms with Crippen molar-refractivity contribution in [1.82, 2.24) is 0 Å². The molecule has 0 aromatic heterocycles. The number of para-hydroxylation sites is 1. The van der Waals surface area contributed by atoms with Gasteiger partial charge in [0.2, 0.25) is 0 Å². The highest BCUT2D eigenvalue weighted by Crippen LogP contribution is 2.44. The standard InChI is InChI=1S/C44H37NSi2/c1-46(2)42-20-12-9-17-37(42)39-28-33(24-26-43(39)46)45(34-23-25-38-36-16-8-11-19-41(36)47(3,4)44(38)29-34)40-18-10-7-15-35(40)32-22-21-30-13-5-6-14-31(30)27-32/h5-29H,1-4H3. The smallest absolute Gasteiger partial charge is 0.113 e. The maximum absolute atomic E-state index is 2.52. The SMILES string of the molecule is C[Si]1(C)c2ccccc2-c2cc(N(c3ccc4c(c3)[Si](C)(C)c3ccccc3-4)c3ccccc3-c3ccc4ccccc4c3)ccc21. The van der Waals surface area contributed by atoms with Crippen LogP contribution in [-0.4, -0.2) is 16.1 Å². The van der Waals surface area contributed by atoms with E-state index in [1.807, 2.05) is 0 Å². The summed E-state index contributed by atoms with van der Waals surface area (Å²) in [5.74, 6) is 0. The predicted molar refractivity (Wildman–Crippen MR) is 208 cm³/mol. The van der Waals surface area contributed by atoms with Crippen LogP contribution in [0, 0.1) is 0 Å². The lowest BCUT2D eigenvalue weighted by Gasteiger charge is -2.30. The van der Waals surface area contributed by atoms with Gasteiger partial charge in [0.15, 0.2) is 0 Å². The molecule has 0 N–H and O–H groups in total. The van der Waals surface area contributed by atoms with Crippen molar-refractivity contribution in [2.24, 2.45) is 0 Å². The van der Waals surface area contributed by atoms with Crippen molar-refractivity contribution >= 4 is 64.7 Å². The third-order valence-electron chi connectivity index (χ3n) is 10.9. The van der Waals surface area contributed by atoms with Crippen LogP contribution in [0.2, 0.25) is 26.2 Å². The summed E-state index contributed by atoms with van der Waals surface area (Å²) in [6.45, 7) is 10.0. The van der Waals surface area contributed by atoms with E-state index >= 15 is 0 Å². The Morgan fingerprint density at radius 1 is 0.362 bits per heavy atom. The average molecular weight is 636 g/mol. The highest BCUT2D eigenvalue weighted by molar-refractivity contribution is 7.04. The zero-order valence-corrected chi connectivity index (χ0v) is 29.4. The number of fused-ring (bicyclic) bond motifs is 7. The Kier molecular flexibility index (Phi) is 6.18. The van der Waals surface area contributed by atoms with Gasteiger partial charge in [-0.25, -0.2) is 0 Å². The molecule has 0 aliphatic carbocycles. The van der Waals surface area contributed by atoms with Gasteiger partial charge in [-0.2, -0.15) is 0 Å². The number of hydrogen-bond donors (Lipinski definition) is 0. The molecular formula is C44H37NSi2. The number of hydrogen-bond acceptors (Lipinski definition) is 1. The lowest BCUT2D eigenvalue weighted by molar-refractivity contribution is 1.29. The van der Waals surface area contributed by atoms with Crippen molar-refractivity contribution in [2.75, 3.05) is 4.90 Å².